The molecule has 2 atom stereocenters. The highest BCUT2D eigenvalue weighted by molar-refractivity contribution is 5.58. The summed E-state index contributed by atoms with van der Waals surface area (Å²) in [5, 5.41) is 3.49. The highest BCUT2D eigenvalue weighted by atomic mass is 15.1. The number of hydrogen-bond donors (Lipinski definition) is 1. The Hall–Kier alpha value is -1.02. The minimum absolute atomic E-state index is 0.640. The molecule has 2 unspecified atom stereocenters. The zero-order valence-corrected chi connectivity index (χ0v) is 9.83. The average Bonchev–Trinajstić information content (AvgIpc) is 2.63. The molecule has 0 saturated carbocycles. The molecule has 0 radical (unpaired) electrons. The fourth-order valence-electron chi connectivity index (χ4n) is 2.66. The lowest BCUT2D eigenvalue weighted by Crippen LogP contribution is -2.34. The van der Waals surface area contributed by atoms with Crippen molar-refractivity contribution < 1.29 is 0 Å². The van der Waals surface area contributed by atoms with Crippen molar-refractivity contribution in [1.82, 2.24) is 4.90 Å². The van der Waals surface area contributed by atoms with Gasteiger partial charge in [-0.15, -0.1) is 0 Å². The van der Waals surface area contributed by atoms with Gasteiger partial charge < -0.3 is 10.2 Å². The van der Waals surface area contributed by atoms with Crippen LogP contribution in [-0.4, -0.2) is 31.6 Å². The molecule has 1 N–H and O–H groups in total. The van der Waals surface area contributed by atoms with E-state index in [2.05, 4.69) is 55.5 Å². The van der Waals surface area contributed by atoms with E-state index in [9.17, 15) is 0 Å². The molecule has 1 aromatic rings. The van der Waals surface area contributed by atoms with Crippen LogP contribution in [0.4, 0.5) is 5.69 Å². The molecular weight excluding hydrogens is 184 g/mol. The zero-order valence-electron chi connectivity index (χ0n) is 9.83. The van der Waals surface area contributed by atoms with Crippen LogP contribution in [0.5, 0.6) is 0 Å². The van der Waals surface area contributed by atoms with Gasteiger partial charge in [-0.3, -0.25) is 0 Å². The standard InChI is InChI=1S/C13H20N2/c1-4-13(15(2)3)11-9-14-12-8-6-5-7-10(11)12/h5-8,11,13-14H,4,9H2,1-3H3. The Morgan fingerprint density at radius 1 is 1.40 bits per heavy atom. The second-order valence-corrected chi connectivity index (χ2v) is 4.51. The molecule has 2 nitrogen and oxygen atoms in total. The fourth-order valence-corrected chi connectivity index (χ4v) is 2.66. The third-order valence-corrected chi connectivity index (χ3v) is 3.42. The van der Waals surface area contributed by atoms with Crippen LogP contribution in [-0.2, 0) is 0 Å². The minimum Gasteiger partial charge on any atom is -0.384 e. The Morgan fingerprint density at radius 2 is 2.13 bits per heavy atom. The van der Waals surface area contributed by atoms with Crippen molar-refractivity contribution in [3.8, 4) is 0 Å². The Bertz CT molecular complexity index is 333. The van der Waals surface area contributed by atoms with E-state index >= 15 is 0 Å². The van der Waals surface area contributed by atoms with Crippen molar-refractivity contribution in [2.45, 2.75) is 25.3 Å². The van der Waals surface area contributed by atoms with E-state index in [0.717, 1.165) is 6.54 Å². The van der Waals surface area contributed by atoms with Crippen molar-refractivity contribution in [3.05, 3.63) is 29.8 Å². The van der Waals surface area contributed by atoms with Gasteiger partial charge in [0, 0.05) is 24.2 Å². The maximum absolute atomic E-state index is 3.49. The van der Waals surface area contributed by atoms with Crippen molar-refractivity contribution in [3.63, 3.8) is 0 Å². The average molecular weight is 204 g/mol. The molecular formula is C13H20N2. The predicted molar refractivity (Wildman–Crippen MR) is 65.4 cm³/mol. The SMILES string of the molecule is CCC(C1CNc2ccccc21)N(C)C. The lowest BCUT2D eigenvalue weighted by Gasteiger charge is -2.28. The lowest BCUT2D eigenvalue weighted by molar-refractivity contribution is 0.253. The Labute approximate surface area is 92.3 Å². The highest BCUT2D eigenvalue weighted by Crippen LogP contribution is 2.35. The van der Waals surface area contributed by atoms with E-state index < -0.39 is 0 Å². The first-order valence-electron chi connectivity index (χ1n) is 5.73. The van der Waals surface area contributed by atoms with Crippen molar-refractivity contribution >= 4 is 5.69 Å². The van der Waals surface area contributed by atoms with E-state index in [4.69, 9.17) is 0 Å². The molecule has 0 bridgehead atoms. The topological polar surface area (TPSA) is 15.3 Å². The summed E-state index contributed by atoms with van der Waals surface area (Å²) in [4.78, 5) is 2.34. The molecule has 0 aliphatic carbocycles. The number of nitrogens with zero attached hydrogens (tertiary/aromatic N) is 1. The van der Waals surface area contributed by atoms with Gasteiger partial charge >= 0.3 is 0 Å². The minimum atomic E-state index is 0.640. The number of likely N-dealkylation sites (N-methyl/N-ethyl adjacent to an activating group) is 1. The van der Waals surface area contributed by atoms with Crippen LogP contribution in [0.3, 0.4) is 0 Å². The van der Waals surface area contributed by atoms with Crippen LogP contribution in [0.15, 0.2) is 24.3 Å². The first kappa shape index (κ1) is 10.5. The molecule has 82 valence electrons. The van der Waals surface area contributed by atoms with Gasteiger partial charge in [0.25, 0.3) is 0 Å². The summed E-state index contributed by atoms with van der Waals surface area (Å²) in [6.07, 6.45) is 1.20. The number of anilines is 1. The van der Waals surface area contributed by atoms with Crippen molar-refractivity contribution in [1.29, 1.82) is 0 Å². The molecule has 1 aliphatic heterocycles. The normalized spacial score (nSPS) is 21.2. The van der Waals surface area contributed by atoms with Crippen LogP contribution < -0.4 is 5.32 Å². The van der Waals surface area contributed by atoms with Gasteiger partial charge in [0.15, 0.2) is 0 Å². The van der Waals surface area contributed by atoms with Gasteiger partial charge in [0.1, 0.15) is 0 Å². The van der Waals surface area contributed by atoms with Crippen LogP contribution in [0.1, 0.15) is 24.8 Å². The first-order chi connectivity index (χ1) is 7.24. The quantitative estimate of drug-likeness (QED) is 0.814. The number of rotatable bonds is 3. The van der Waals surface area contributed by atoms with Gasteiger partial charge in [-0.1, -0.05) is 25.1 Å². The largest absolute Gasteiger partial charge is 0.384 e. The molecule has 1 aromatic carbocycles. The molecule has 0 fully saturated rings. The van der Waals surface area contributed by atoms with Crippen molar-refractivity contribution in [2.24, 2.45) is 0 Å². The number of benzene rings is 1. The Morgan fingerprint density at radius 3 is 2.80 bits per heavy atom. The maximum Gasteiger partial charge on any atom is 0.0377 e. The Balaban J connectivity index is 2.26. The summed E-state index contributed by atoms with van der Waals surface area (Å²) in [6.45, 7) is 3.35. The monoisotopic (exact) mass is 204 g/mol. The molecule has 1 aliphatic rings. The molecule has 0 amide bonds. The molecule has 1 heterocycles. The van der Waals surface area contributed by atoms with Crippen LogP contribution >= 0.6 is 0 Å². The fraction of sp³-hybridized carbons (Fsp3) is 0.538. The lowest BCUT2D eigenvalue weighted by atomic mass is 9.91. The first-order valence-corrected chi connectivity index (χ1v) is 5.73. The number of hydrogen-bond acceptors (Lipinski definition) is 2. The second kappa shape index (κ2) is 4.23. The van der Waals surface area contributed by atoms with Gasteiger partial charge in [-0.2, -0.15) is 0 Å². The van der Waals surface area contributed by atoms with E-state index in [0.29, 0.717) is 12.0 Å². The molecule has 2 heteroatoms. The zero-order chi connectivity index (χ0) is 10.8. The third-order valence-electron chi connectivity index (χ3n) is 3.42. The van der Waals surface area contributed by atoms with Gasteiger partial charge in [0.2, 0.25) is 0 Å². The summed E-state index contributed by atoms with van der Waals surface area (Å²) in [7, 11) is 4.35. The van der Waals surface area contributed by atoms with E-state index in [1.807, 2.05) is 0 Å². The predicted octanol–water partition coefficient (Wildman–Crippen LogP) is 2.54. The Kier molecular flexibility index (Phi) is 2.96. The second-order valence-electron chi connectivity index (χ2n) is 4.51. The number of fused-ring (bicyclic) bond motifs is 1. The van der Waals surface area contributed by atoms with Crippen LogP contribution in [0.2, 0.25) is 0 Å². The molecule has 2 rings (SSSR count). The molecule has 15 heavy (non-hydrogen) atoms. The highest BCUT2D eigenvalue weighted by Gasteiger charge is 2.29. The van der Waals surface area contributed by atoms with E-state index in [1.54, 1.807) is 0 Å². The van der Waals surface area contributed by atoms with Gasteiger partial charge in [-0.05, 0) is 32.1 Å². The summed E-state index contributed by atoms with van der Waals surface area (Å²) >= 11 is 0. The van der Waals surface area contributed by atoms with Gasteiger partial charge in [-0.25, -0.2) is 0 Å². The maximum atomic E-state index is 3.49. The van der Waals surface area contributed by atoms with E-state index in [1.165, 1.54) is 17.7 Å². The smallest absolute Gasteiger partial charge is 0.0377 e. The number of nitrogens with one attached hydrogen (secondary N) is 1. The van der Waals surface area contributed by atoms with Crippen LogP contribution in [0, 0.1) is 0 Å². The molecule has 0 saturated heterocycles. The summed E-state index contributed by atoms with van der Waals surface area (Å²) in [5.41, 5.74) is 2.81. The van der Waals surface area contributed by atoms with E-state index in [-0.39, 0.29) is 0 Å². The molecule has 0 aromatic heterocycles. The summed E-state index contributed by atoms with van der Waals surface area (Å²) < 4.78 is 0. The van der Waals surface area contributed by atoms with Crippen molar-refractivity contribution in [2.75, 3.05) is 26.0 Å². The summed E-state index contributed by atoms with van der Waals surface area (Å²) in [5.74, 6) is 0.640. The number of para-hydroxylation sites is 1. The molecule has 0 spiro atoms. The third kappa shape index (κ3) is 1.86. The van der Waals surface area contributed by atoms with Gasteiger partial charge in [0.05, 0.1) is 0 Å². The van der Waals surface area contributed by atoms with Crippen LogP contribution in [0.25, 0.3) is 0 Å². The summed E-state index contributed by atoms with van der Waals surface area (Å²) in [6, 6.07) is 9.32.